The van der Waals surface area contributed by atoms with Gasteiger partial charge < -0.3 is 9.64 Å². The number of nitrogens with zero attached hydrogens (tertiary/aromatic N) is 1. The van der Waals surface area contributed by atoms with Crippen LogP contribution in [0.15, 0.2) is 29.2 Å². The number of methoxy groups -OCH3 is 1. The van der Waals surface area contributed by atoms with Crippen molar-refractivity contribution in [3.63, 3.8) is 0 Å². The van der Waals surface area contributed by atoms with Gasteiger partial charge in [-0.25, -0.2) is 13.1 Å². The maximum atomic E-state index is 12.7. The lowest BCUT2D eigenvalue weighted by Crippen LogP contribution is -2.32. The molecule has 2 rings (SSSR count). The Bertz CT molecular complexity index is 673. The molecule has 1 atom stereocenters. The summed E-state index contributed by atoms with van der Waals surface area (Å²) >= 11 is 0. The lowest BCUT2D eigenvalue weighted by Gasteiger charge is -2.21. The van der Waals surface area contributed by atoms with Gasteiger partial charge in [0.05, 0.1) is 11.5 Å². The number of amides is 1. The molecule has 0 radical (unpaired) electrons. The van der Waals surface area contributed by atoms with E-state index in [1.54, 1.807) is 12.1 Å². The Morgan fingerprint density at radius 3 is 2.62 bits per heavy atom. The number of carbonyl (C=O) groups excluding carboxylic acids is 1. The molecule has 146 valence electrons. The highest BCUT2D eigenvalue weighted by Gasteiger charge is 2.22. The van der Waals surface area contributed by atoms with Crippen LogP contribution in [0.5, 0.6) is 0 Å². The molecule has 1 aromatic rings. The molecular weight excluding hydrogens is 352 g/mol. The Morgan fingerprint density at radius 2 is 1.96 bits per heavy atom. The summed E-state index contributed by atoms with van der Waals surface area (Å²) in [5, 5.41) is 0. The minimum Gasteiger partial charge on any atom is -0.383 e. The predicted octanol–water partition coefficient (Wildman–Crippen LogP) is 2.65. The van der Waals surface area contributed by atoms with Crippen LogP contribution in [-0.4, -0.2) is 52.6 Å². The van der Waals surface area contributed by atoms with Crippen molar-refractivity contribution in [3.8, 4) is 0 Å². The number of ether oxygens (including phenoxy) is 1. The summed E-state index contributed by atoms with van der Waals surface area (Å²) in [7, 11) is -2.06. The molecule has 1 aliphatic rings. The van der Waals surface area contributed by atoms with Gasteiger partial charge >= 0.3 is 0 Å². The van der Waals surface area contributed by atoms with Crippen molar-refractivity contribution in [2.45, 2.75) is 43.9 Å². The van der Waals surface area contributed by atoms with E-state index in [4.69, 9.17) is 4.74 Å². The van der Waals surface area contributed by atoms with Crippen LogP contribution >= 0.6 is 0 Å². The summed E-state index contributed by atoms with van der Waals surface area (Å²) < 4.78 is 31.7. The zero-order chi connectivity index (χ0) is 19.0. The largest absolute Gasteiger partial charge is 0.383 e. The molecular formula is C19H30N2O4S. The summed E-state index contributed by atoms with van der Waals surface area (Å²) in [4.78, 5) is 14.8. The van der Waals surface area contributed by atoms with Crippen LogP contribution in [0, 0.1) is 5.92 Å². The fraction of sp³-hybridized carbons (Fsp3) is 0.632. The Kier molecular flexibility index (Phi) is 8.06. The minimum absolute atomic E-state index is 0.0153. The molecule has 6 nitrogen and oxygen atoms in total. The first-order chi connectivity index (χ1) is 12.5. The second-order valence-electron chi connectivity index (χ2n) is 6.79. The van der Waals surface area contributed by atoms with E-state index in [2.05, 4.69) is 11.6 Å². The van der Waals surface area contributed by atoms with E-state index in [1.165, 1.54) is 38.5 Å². The molecule has 0 spiro atoms. The first kappa shape index (κ1) is 20.9. The Morgan fingerprint density at radius 1 is 1.23 bits per heavy atom. The smallest absolute Gasteiger partial charge is 0.253 e. The second-order valence-corrected chi connectivity index (χ2v) is 8.56. The van der Waals surface area contributed by atoms with Crippen molar-refractivity contribution < 1.29 is 17.9 Å². The molecule has 0 saturated carbocycles. The molecule has 1 amide bonds. The minimum atomic E-state index is -3.57. The van der Waals surface area contributed by atoms with Gasteiger partial charge in [0.2, 0.25) is 10.0 Å². The maximum Gasteiger partial charge on any atom is 0.253 e. The molecule has 1 aliphatic heterocycles. The van der Waals surface area contributed by atoms with E-state index in [-0.39, 0.29) is 17.3 Å². The van der Waals surface area contributed by atoms with Gasteiger partial charge in [-0.3, -0.25) is 4.79 Å². The molecule has 1 fully saturated rings. The number of carbonyl (C=O) groups is 1. The van der Waals surface area contributed by atoms with Gasteiger partial charge in [-0.15, -0.1) is 0 Å². The Balaban J connectivity index is 2.00. The van der Waals surface area contributed by atoms with E-state index in [9.17, 15) is 13.2 Å². The molecule has 0 bridgehead atoms. The first-order valence-corrected chi connectivity index (χ1v) is 10.8. The lowest BCUT2D eigenvalue weighted by atomic mass is 9.96. The van der Waals surface area contributed by atoms with Crippen molar-refractivity contribution in [2.75, 3.05) is 33.4 Å². The summed E-state index contributed by atoms with van der Waals surface area (Å²) in [6, 6.07) is 6.17. The van der Waals surface area contributed by atoms with Crippen LogP contribution in [0.4, 0.5) is 0 Å². The summed E-state index contributed by atoms with van der Waals surface area (Å²) in [5.41, 5.74) is 0.537. The molecule has 1 heterocycles. The lowest BCUT2D eigenvalue weighted by molar-refractivity contribution is 0.0759. The van der Waals surface area contributed by atoms with Gasteiger partial charge in [-0.05, 0) is 49.4 Å². The van der Waals surface area contributed by atoms with E-state index >= 15 is 0 Å². The first-order valence-electron chi connectivity index (χ1n) is 9.36. The van der Waals surface area contributed by atoms with Gasteiger partial charge in [0.15, 0.2) is 0 Å². The van der Waals surface area contributed by atoms with Crippen LogP contribution in [0.1, 0.15) is 49.4 Å². The number of rotatable bonds is 8. The summed E-state index contributed by atoms with van der Waals surface area (Å²) in [6.45, 7) is 4.28. The molecule has 0 aliphatic carbocycles. The zero-order valence-corrected chi connectivity index (χ0v) is 16.6. The third kappa shape index (κ3) is 5.79. The van der Waals surface area contributed by atoms with Gasteiger partial charge in [-0.2, -0.15) is 0 Å². The highest BCUT2D eigenvalue weighted by atomic mass is 32.2. The second kappa shape index (κ2) is 10.0. The van der Waals surface area contributed by atoms with Crippen LogP contribution < -0.4 is 4.72 Å². The Labute approximate surface area is 157 Å². The van der Waals surface area contributed by atoms with E-state index in [0.717, 1.165) is 25.9 Å². The van der Waals surface area contributed by atoms with E-state index < -0.39 is 10.0 Å². The van der Waals surface area contributed by atoms with Crippen LogP contribution in [0.2, 0.25) is 0 Å². The fourth-order valence-electron chi connectivity index (χ4n) is 3.39. The van der Waals surface area contributed by atoms with Gasteiger partial charge in [0, 0.05) is 32.3 Å². The number of hydrogen-bond acceptors (Lipinski definition) is 4. The van der Waals surface area contributed by atoms with Crippen LogP contribution in [0.25, 0.3) is 0 Å². The maximum absolute atomic E-state index is 12.7. The summed E-state index contributed by atoms with van der Waals surface area (Å²) in [5.74, 6) is 0.696. The number of hydrogen-bond donors (Lipinski definition) is 1. The van der Waals surface area contributed by atoms with Crippen molar-refractivity contribution in [2.24, 2.45) is 5.92 Å². The topological polar surface area (TPSA) is 75.7 Å². The molecule has 7 heteroatoms. The summed E-state index contributed by atoms with van der Waals surface area (Å²) in [6.07, 6.45) is 5.68. The zero-order valence-electron chi connectivity index (χ0n) is 15.7. The van der Waals surface area contributed by atoms with Crippen molar-refractivity contribution in [1.29, 1.82) is 0 Å². The highest BCUT2D eigenvalue weighted by molar-refractivity contribution is 7.89. The number of sulfonamides is 1. The normalized spacial score (nSPS) is 18.5. The van der Waals surface area contributed by atoms with Crippen molar-refractivity contribution >= 4 is 15.9 Å². The third-order valence-electron chi connectivity index (χ3n) is 4.84. The molecule has 1 saturated heterocycles. The van der Waals surface area contributed by atoms with Crippen LogP contribution in [0.3, 0.4) is 0 Å². The fourth-order valence-corrected chi connectivity index (χ4v) is 4.40. The van der Waals surface area contributed by atoms with E-state index in [1.807, 2.05) is 4.90 Å². The molecule has 1 aromatic carbocycles. The Hall–Kier alpha value is -1.44. The third-order valence-corrected chi connectivity index (χ3v) is 6.32. The molecule has 26 heavy (non-hydrogen) atoms. The van der Waals surface area contributed by atoms with Crippen molar-refractivity contribution in [3.05, 3.63) is 29.8 Å². The molecule has 1 N–H and O–H groups in total. The van der Waals surface area contributed by atoms with Gasteiger partial charge in [0.1, 0.15) is 0 Å². The molecule has 0 aromatic heterocycles. The quantitative estimate of drug-likeness (QED) is 0.702. The standard InChI is InChI=1S/C19H30N2O4S/c1-3-5-16-6-4-13-21(14-11-16)19(22)17-7-9-18(10-8-17)26(23,24)20-12-15-25-2/h7-10,16,20H,3-6,11-15H2,1-2H3. The van der Waals surface area contributed by atoms with Crippen LogP contribution in [-0.2, 0) is 14.8 Å². The average Bonchev–Trinajstić information content (AvgIpc) is 2.87. The number of nitrogens with one attached hydrogen (secondary N) is 1. The monoisotopic (exact) mass is 382 g/mol. The number of likely N-dealkylation sites (tertiary alicyclic amines) is 1. The van der Waals surface area contributed by atoms with Crippen molar-refractivity contribution in [1.82, 2.24) is 9.62 Å². The average molecular weight is 383 g/mol. The predicted molar refractivity (Wildman–Crippen MR) is 102 cm³/mol. The van der Waals surface area contributed by atoms with Gasteiger partial charge in [-0.1, -0.05) is 19.8 Å². The SMILES string of the molecule is CCCC1CCCN(C(=O)c2ccc(S(=O)(=O)NCCOC)cc2)CC1. The van der Waals surface area contributed by atoms with Gasteiger partial charge in [0.25, 0.3) is 5.91 Å². The highest BCUT2D eigenvalue weighted by Crippen LogP contribution is 2.23. The molecule has 1 unspecified atom stereocenters. The number of benzene rings is 1. The van der Waals surface area contributed by atoms with E-state index in [0.29, 0.717) is 18.1 Å².